The Labute approximate surface area is 104 Å². The molecular weight excluding hydrogens is 244 g/mol. The SMILES string of the molecule is O=C(NCC1CCCO1)C1CCC([N+](=O)[O-])S1. The fraction of sp³-hybridized carbons (Fsp3) is 0.900. The van der Waals surface area contributed by atoms with Crippen LogP contribution in [0.5, 0.6) is 0 Å². The molecule has 3 atom stereocenters. The summed E-state index contributed by atoms with van der Waals surface area (Å²) in [5.74, 6) is -0.0881. The van der Waals surface area contributed by atoms with Gasteiger partial charge < -0.3 is 10.1 Å². The largest absolute Gasteiger partial charge is 0.376 e. The van der Waals surface area contributed by atoms with E-state index in [-0.39, 0.29) is 22.2 Å². The first kappa shape index (κ1) is 12.6. The summed E-state index contributed by atoms with van der Waals surface area (Å²) in [5.41, 5.74) is 0. The Morgan fingerprint density at radius 2 is 2.29 bits per heavy atom. The van der Waals surface area contributed by atoms with Gasteiger partial charge in [0.15, 0.2) is 0 Å². The molecule has 2 saturated heterocycles. The Balaban J connectivity index is 1.71. The molecule has 2 heterocycles. The molecule has 96 valence electrons. The van der Waals surface area contributed by atoms with Crippen molar-refractivity contribution in [3.8, 4) is 0 Å². The Bertz CT molecular complexity index is 307. The zero-order valence-electron chi connectivity index (χ0n) is 9.46. The Morgan fingerprint density at radius 1 is 1.47 bits per heavy atom. The molecule has 0 saturated carbocycles. The van der Waals surface area contributed by atoms with Crippen molar-refractivity contribution < 1.29 is 14.5 Å². The van der Waals surface area contributed by atoms with Crippen LogP contribution in [0.2, 0.25) is 0 Å². The number of nitrogens with one attached hydrogen (secondary N) is 1. The van der Waals surface area contributed by atoms with Gasteiger partial charge in [-0.3, -0.25) is 14.9 Å². The fourth-order valence-corrected chi connectivity index (χ4v) is 3.33. The average Bonchev–Trinajstić information content (AvgIpc) is 2.96. The minimum absolute atomic E-state index is 0.0881. The lowest BCUT2D eigenvalue weighted by atomic mass is 10.2. The number of nitrogens with zero attached hydrogens (tertiary/aromatic N) is 1. The minimum Gasteiger partial charge on any atom is -0.376 e. The Morgan fingerprint density at radius 3 is 2.88 bits per heavy atom. The number of hydrogen-bond acceptors (Lipinski definition) is 5. The van der Waals surface area contributed by atoms with E-state index < -0.39 is 5.37 Å². The maximum absolute atomic E-state index is 11.8. The zero-order valence-corrected chi connectivity index (χ0v) is 10.3. The van der Waals surface area contributed by atoms with Crippen LogP contribution in [0.25, 0.3) is 0 Å². The molecule has 2 fully saturated rings. The fourth-order valence-electron chi connectivity index (χ4n) is 2.10. The summed E-state index contributed by atoms with van der Waals surface area (Å²) in [6.07, 6.45) is 3.22. The molecule has 1 amide bonds. The summed E-state index contributed by atoms with van der Waals surface area (Å²) in [4.78, 5) is 22.0. The highest BCUT2D eigenvalue weighted by Crippen LogP contribution is 2.33. The van der Waals surface area contributed by atoms with E-state index in [9.17, 15) is 14.9 Å². The van der Waals surface area contributed by atoms with E-state index in [4.69, 9.17) is 4.74 Å². The molecule has 0 radical (unpaired) electrons. The van der Waals surface area contributed by atoms with Gasteiger partial charge in [-0.2, -0.15) is 0 Å². The molecule has 7 heteroatoms. The molecule has 1 N–H and O–H groups in total. The summed E-state index contributed by atoms with van der Waals surface area (Å²) in [7, 11) is 0. The first-order chi connectivity index (χ1) is 8.16. The van der Waals surface area contributed by atoms with Gasteiger partial charge in [0.1, 0.15) is 0 Å². The number of nitro groups is 1. The molecule has 0 aromatic rings. The van der Waals surface area contributed by atoms with Crippen LogP contribution in [0.4, 0.5) is 0 Å². The van der Waals surface area contributed by atoms with Crippen molar-refractivity contribution in [1.82, 2.24) is 5.32 Å². The van der Waals surface area contributed by atoms with E-state index in [1.807, 2.05) is 0 Å². The van der Waals surface area contributed by atoms with Crippen LogP contribution in [0, 0.1) is 10.1 Å². The maximum Gasteiger partial charge on any atom is 0.259 e. The van der Waals surface area contributed by atoms with Crippen LogP contribution in [-0.4, -0.2) is 40.7 Å². The second-order valence-electron chi connectivity index (χ2n) is 4.32. The second kappa shape index (κ2) is 5.68. The highest BCUT2D eigenvalue weighted by molar-refractivity contribution is 8.01. The van der Waals surface area contributed by atoms with E-state index in [1.54, 1.807) is 0 Å². The molecule has 6 nitrogen and oxygen atoms in total. The number of amides is 1. The average molecular weight is 260 g/mol. The van der Waals surface area contributed by atoms with Gasteiger partial charge in [-0.15, -0.1) is 0 Å². The van der Waals surface area contributed by atoms with Crippen molar-refractivity contribution >= 4 is 17.7 Å². The maximum atomic E-state index is 11.8. The lowest BCUT2D eigenvalue weighted by Crippen LogP contribution is -2.36. The van der Waals surface area contributed by atoms with Gasteiger partial charge in [-0.05, 0) is 19.3 Å². The van der Waals surface area contributed by atoms with E-state index in [2.05, 4.69) is 5.32 Å². The van der Waals surface area contributed by atoms with Crippen molar-refractivity contribution in [3.63, 3.8) is 0 Å². The molecule has 2 rings (SSSR count). The van der Waals surface area contributed by atoms with Crippen LogP contribution >= 0.6 is 11.8 Å². The smallest absolute Gasteiger partial charge is 0.259 e. The molecule has 0 spiro atoms. The van der Waals surface area contributed by atoms with Crippen molar-refractivity contribution in [2.24, 2.45) is 0 Å². The third-order valence-corrected chi connectivity index (χ3v) is 4.55. The minimum atomic E-state index is -0.617. The van der Waals surface area contributed by atoms with Crippen molar-refractivity contribution in [2.45, 2.75) is 42.4 Å². The highest BCUT2D eigenvalue weighted by atomic mass is 32.2. The van der Waals surface area contributed by atoms with Gasteiger partial charge in [0.05, 0.1) is 11.4 Å². The summed E-state index contributed by atoms with van der Waals surface area (Å²) >= 11 is 1.16. The van der Waals surface area contributed by atoms with Crippen LogP contribution < -0.4 is 5.32 Å². The lowest BCUT2D eigenvalue weighted by molar-refractivity contribution is -0.494. The molecule has 2 aliphatic heterocycles. The third-order valence-electron chi connectivity index (χ3n) is 3.05. The van der Waals surface area contributed by atoms with Gasteiger partial charge in [0, 0.05) is 24.5 Å². The summed E-state index contributed by atoms with van der Waals surface area (Å²) in [5, 5.41) is 12.5. The molecule has 0 bridgehead atoms. The topological polar surface area (TPSA) is 81.5 Å². The number of hydrogen-bond donors (Lipinski definition) is 1. The van der Waals surface area contributed by atoms with Crippen LogP contribution in [-0.2, 0) is 9.53 Å². The van der Waals surface area contributed by atoms with Gasteiger partial charge in [0.25, 0.3) is 5.37 Å². The summed E-state index contributed by atoms with van der Waals surface area (Å²) in [6.45, 7) is 1.29. The van der Waals surface area contributed by atoms with Crippen molar-refractivity contribution in [1.29, 1.82) is 0 Å². The number of ether oxygens (including phenoxy) is 1. The van der Waals surface area contributed by atoms with Crippen molar-refractivity contribution in [3.05, 3.63) is 10.1 Å². The van der Waals surface area contributed by atoms with E-state index in [1.165, 1.54) is 0 Å². The Kier molecular flexibility index (Phi) is 4.22. The standard InChI is InChI=1S/C10H16N2O4S/c13-10(11-6-7-2-1-5-16-7)8-3-4-9(17-8)12(14)15/h7-9H,1-6H2,(H,11,13). The molecule has 2 aliphatic rings. The molecule has 17 heavy (non-hydrogen) atoms. The van der Waals surface area contributed by atoms with Gasteiger partial charge >= 0.3 is 0 Å². The van der Waals surface area contributed by atoms with Crippen LogP contribution in [0.15, 0.2) is 0 Å². The summed E-state index contributed by atoms with van der Waals surface area (Å²) < 4.78 is 5.40. The number of rotatable bonds is 4. The first-order valence-corrected chi connectivity index (χ1v) is 6.79. The normalized spacial score (nSPS) is 32.6. The second-order valence-corrected chi connectivity index (χ2v) is 5.71. The molecular formula is C10H16N2O4S. The number of carbonyl (C=O) groups excluding carboxylic acids is 1. The van der Waals surface area contributed by atoms with E-state index in [0.29, 0.717) is 19.4 Å². The monoisotopic (exact) mass is 260 g/mol. The molecule has 0 aliphatic carbocycles. The van der Waals surface area contributed by atoms with Crippen LogP contribution in [0.3, 0.4) is 0 Å². The lowest BCUT2D eigenvalue weighted by Gasteiger charge is -2.13. The molecule has 0 aromatic heterocycles. The zero-order chi connectivity index (χ0) is 12.3. The quantitative estimate of drug-likeness (QED) is 0.596. The van der Waals surface area contributed by atoms with E-state index in [0.717, 1.165) is 31.2 Å². The number of carbonyl (C=O) groups is 1. The predicted octanol–water partition coefficient (Wildman–Crippen LogP) is 0.780. The first-order valence-electron chi connectivity index (χ1n) is 5.85. The number of thioether (sulfide) groups is 1. The van der Waals surface area contributed by atoms with Gasteiger partial charge in [0.2, 0.25) is 5.91 Å². The predicted molar refractivity (Wildman–Crippen MR) is 63.4 cm³/mol. The molecule has 0 aromatic carbocycles. The van der Waals surface area contributed by atoms with Gasteiger partial charge in [-0.25, -0.2) is 0 Å². The molecule has 3 unspecified atom stereocenters. The Hall–Kier alpha value is -0.820. The van der Waals surface area contributed by atoms with E-state index >= 15 is 0 Å². The van der Waals surface area contributed by atoms with Gasteiger partial charge in [-0.1, -0.05) is 11.8 Å². The highest BCUT2D eigenvalue weighted by Gasteiger charge is 2.37. The van der Waals surface area contributed by atoms with Crippen molar-refractivity contribution in [2.75, 3.05) is 13.2 Å². The summed E-state index contributed by atoms with van der Waals surface area (Å²) in [6, 6.07) is 0. The third kappa shape index (κ3) is 3.32. The van der Waals surface area contributed by atoms with Crippen LogP contribution in [0.1, 0.15) is 25.7 Å².